The number of benzene rings is 1. The number of nitrogens with zero attached hydrogens (tertiary/aromatic N) is 1. The van der Waals surface area contributed by atoms with E-state index >= 15 is 0 Å². The highest BCUT2D eigenvalue weighted by Gasteiger charge is 2.26. The summed E-state index contributed by atoms with van der Waals surface area (Å²) in [7, 11) is 1.68. The number of carbonyl (C=O) groups is 1. The summed E-state index contributed by atoms with van der Waals surface area (Å²) < 4.78 is 0. The molecule has 0 saturated carbocycles. The fourth-order valence-electron chi connectivity index (χ4n) is 2.61. The van der Waals surface area contributed by atoms with Crippen LogP contribution >= 0.6 is 23.8 Å². The molecule has 3 N–H and O–H groups in total. The Balaban J connectivity index is 2.17. The Morgan fingerprint density at radius 2 is 2.10 bits per heavy atom. The number of nitrogens with one attached hydrogen (secondary N) is 1. The van der Waals surface area contributed by atoms with Crippen molar-refractivity contribution in [2.75, 3.05) is 25.0 Å². The molecule has 1 aliphatic rings. The molecular formula is C14H18ClN3OS. The molecular weight excluding hydrogens is 294 g/mol. The van der Waals surface area contributed by atoms with Crippen LogP contribution in [-0.4, -0.2) is 31.0 Å². The lowest BCUT2D eigenvalue weighted by molar-refractivity contribution is -0.125. The zero-order valence-electron chi connectivity index (χ0n) is 11.4. The number of anilines is 1. The number of rotatable bonds is 3. The summed E-state index contributed by atoms with van der Waals surface area (Å²) in [6.07, 6.45) is 1.64. The standard InChI is InChI=1S/C14H18ClN3OS/c1-17-14(19)9-5-7-18(8-6-9)11-4-2-3-10(15)12(11)13(16)20/h2-4,9H,5-8H2,1H3,(H2,16,20)(H,17,19). The van der Waals surface area contributed by atoms with Crippen LogP contribution in [0.3, 0.4) is 0 Å². The molecule has 4 nitrogen and oxygen atoms in total. The molecule has 1 fully saturated rings. The second kappa shape index (κ2) is 6.41. The molecule has 0 aliphatic carbocycles. The van der Waals surface area contributed by atoms with Gasteiger partial charge in [0.15, 0.2) is 0 Å². The van der Waals surface area contributed by atoms with Gasteiger partial charge in [-0.3, -0.25) is 4.79 Å². The Morgan fingerprint density at radius 1 is 1.45 bits per heavy atom. The van der Waals surface area contributed by atoms with E-state index in [0.717, 1.165) is 37.2 Å². The van der Waals surface area contributed by atoms with E-state index in [-0.39, 0.29) is 11.8 Å². The summed E-state index contributed by atoms with van der Waals surface area (Å²) in [5.74, 6) is 0.203. The lowest BCUT2D eigenvalue weighted by Crippen LogP contribution is -2.40. The molecule has 6 heteroatoms. The molecule has 0 atom stereocenters. The highest BCUT2D eigenvalue weighted by molar-refractivity contribution is 7.80. The van der Waals surface area contributed by atoms with Crippen LogP contribution in [0.4, 0.5) is 5.69 Å². The molecule has 0 unspecified atom stereocenters. The zero-order valence-corrected chi connectivity index (χ0v) is 12.9. The van der Waals surface area contributed by atoms with Gasteiger partial charge in [-0.25, -0.2) is 0 Å². The molecule has 1 aliphatic heterocycles. The Hall–Kier alpha value is -1.33. The van der Waals surface area contributed by atoms with E-state index in [9.17, 15) is 4.79 Å². The molecule has 0 aromatic heterocycles. The van der Waals surface area contributed by atoms with Crippen molar-refractivity contribution >= 4 is 40.4 Å². The maximum absolute atomic E-state index is 11.6. The Kier molecular flexibility index (Phi) is 4.83. The number of hydrogen-bond acceptors (Lipinski definition) is 3. The summed E-state index contributed by atoms with van der Waals surface area (Å²) >= 11 is 11.3. The van der Waals surface area contributed by atoms with Gasteiger partial charge in [0.2, 0.25) is 5.91 Å². The minimum absolute atomic E-state index is 0.0868. The number of nitrogens with two attached hydrogens (primary N) is 1. The maximum atomic E-state index is 11.6. The molecule has 0 radical (unpaired) electrons. The van der Waals surface area contributed by atoms with Crippen LogP contribution in [0.15, 0.2) is 18.2 Å². The molecule has 1 amide bonds. The molecule has 20 heavy (non-hydrogen) atoms. The van der Waals surface area contributed by atoms with E-state index in [1.54, 1.807) is 13.1 Å². The largest absolute Gasteiger partial charge is 0.389 e. The summed E-state index contributed by atoms with van der Waals surface area (Å²) in [5.41, 5.74) is 7.46. The van der Waals surface area contributed by atoms with E-state index in [1.165, 1.54) is 0 Å². The zero-order chi connectivity index (χ0) is 14.7. The fourth-order valence-corrected chi connectivity index (χ4v) is 3.15. The van der Waals surface area contributed by atoms with Gasteiger partial charge in [-0.15, -0.1) is 0 Å². The normalized spacial score (nSPS) is 16.0. The van der Waals surface area contributed by atoms with E-state index in [2.05, 4.69) is 10.2 Å². The van der Waals surface area contributed by atoms with E-state index in [1.807, 2.05) is 12.1 Å². The summed E-state index contributed by atoms with van der Waals surface area (Å²) in [6, 6.07) is 5.65. The predicted molar refractivity (Wildman–Crippen MR) is 86.3 cm³/mol. The first-order chi connectivity index (χ1) is 9.54. The minimum Gasteiger partial charge on any atom is -0.389 e. The molecule has 0 bridgehead atoms. The maximum Gasteiger partial charge on any atom is 0.222 e. The summed E-state index contributed by atoms with van der Waals surface area (Å²) in [6.45, 7) is 1.60. The smallest absolute Gasteiger partial charge is 0.222 e. The molecule has 2 rings (SSSR count). The number of piperidine rings is 1. The van der Waals surface area contributed by atoms with Gasteiger partial charge in [-0.2, -0.15) is 0 Å². The molecule has 1 saturated heterocycles. The van der Waals surface area contributed by atoms with Crippen molar-refractivity contribution in [2.24, 2.45) is 11.7 Å². The number of amides is 1. The molecule has 1 aromatic rings. The van der Waals surface area contributed by atoms with E-state index in [4.69, 9.17) is 29.6 Å². The van der Waals surface area contributed by atoms with Crippen LogP contribution in [0.1, 0.15) is 18.4 Å². The average molecular weight is 312 g/mol. The first-order valence-electron chi connectivity index (χ1n) is 6.59. The van der Waals surface area contributed by atoms with Crippen LogP contribution < -0.4 is 16.0 Å². The van der Waals surface area contributed by atoms with Crippen molar-refractivity contribution in [2.45, 2.75) is 12.8 Å². The topological polar surface area (TPSA) is 58.4 Å². The third-order valence-electron chi connectivity index (χ3n) is 3.69. The van der Waals surface area contributed by atoms with Crippen molar-refractivity contribution < 1.29 is 4.79 Å². The average Bonchev–Trinajstić information content (AvgIpc) is 2.46. The second-order valence-corrected chi connectivity index (χ2v) is 5.72. The van der Waals surface area contributed by atoms with Gasteiger partial charge in [-0.1, -0.05) is 29.9 Å². The van der Waals surface area contributed by atoms with E-state index < -0.39 is 0 Å². The van der Waals surface area contributed by atoms with Gasteiger partial charge in [0, 0.05) is 31.7 Å². The highest BCUT2D eigenvalue weighted by Crippen LogP contribution is 2.30. The minimum atomic E-state index is 0.0868. The lowest BCUT2D eigenvalue weighted by Gasteiger charge is -2.34. The van der Waals surface area contributed by atoms with Crippen LogP contribution in [0.25, 0.3) is 0 Å². The number of carbonyl (C=O) groups excluding carboxylic acids is 1. The molecule has 0 spiro atoms. The summed E-state index contributed by atoms with van der Waals surface area (Å²) in [4.78, 5) is 14.1. The quantitative estimate of drug-likeness (QED) is 0.838. The number of halogens is 1. The van der Waals surface area contributed by atoms with Crippen LogP contribution in [0.2, 0.25) is 5.02 Å². The van der Waals surface area contributed by atoms with Gasteiger partial charge in [0.05, 0.1) is 10.6 Å². The third kappa shape index (κ3) is 3.04. The van der Waals surface area contributed by atoms with E-state index in [0.29, 0.717) is 10.0 Å². The highest BCUT2D eigenvalue weighted by atomic mass is 35.5. The number of hydrogen-bond donors (Lipinski definition) is 2. The van der Waals surface area contributed by atoms with Gasteiger partial charge in [-0.05, 0) is 25.0 Å². The fraction of sp³-hybridized carbons (Fsp3) is 0.429. The number of thiocarbonyl (C=S) groups is 1. The lowest BCUT2D eigenvalue weighted by atomic mass is 9.95. The monoisotopic (exact) mass is 311 g/mol. The van der Waals surface area contributed by atoms with Crippen molar-refractivity contribution in [1.29, 1.82) is 0 Å². The van der Waals surface area contributed by atoms with Crippen LogP contribution in [0, 0.1) is 5.92 Å². The van der Waals surface area contributed by atoms with Gasteiger partial charge < -0.3 is 16.0 Å². The van der Waals surface area contributed by atoms with Crippen LogP contribution in [0.5, 0.6) is 0 Å². The first-order valence-corrected chi connectivity index (χ1v) is 7.38. The predicted octanol–water partition coefficient (Wildman–Crippen LogP) is 1.94. The van der Waals surface area contributed by atoms with Crippen molar-refractivity contribution in [3.8, 4) is 0 Å². The van der Waals surface area contributed by atoms with Gasteiger partial charge in [0.25, 0.3) is 0 Å². The van der Waals surface area contributed by atoms with Crippen molar-refractivity contribution in [1.82, 2.24) is 5.32 Å². The third-order valence-corrected chi connectivity index (χ3v) is 4.21. The molecule has 1 heterocycles. The van der Waals surface area contributed by atoms with Crippen molar-refractivity contribution in [3.05, 3.63) is 28.8 Å². The molecule has 1 aromatic carbocycles. The Morgan fingerprint density at radius 3 is 2.65 bits per heavy atom. The summed E-state index contributed by atoms with van der Waals surface area (Å²) in [5, 5.41) is 3.28. The Labute approximate surface area is 129 Å². The van der Waals surface area contributed by atoms with Crippen LogP contribution in [-0.2, 0) is 4.79 Å². The Bertz CT molecular complexity index is 527. The molecule has 108 valence electrons. The first kappa shape index (κ1) is 15.1. The van der Waals surface area contributed by atoms with Gasteiger partial charge in [0.1, 0.15) is 4.99 Å². The van der Waals surface area contributed by atoms with Crippen molar-refractivity contribution in [3.63, 3.8) is 0 Å². The van der Waals surface area contributed by atoms with Gasteiger partial charge >= 0.3 is 0 Å². The second-order valence-electron chi connectivity index (χ2n) is 4.87. The SMILES string of the molecule is CNC(=O)C1CCN(c2cccc(Cl)c2C(N)=S)CC1.